The zero-order valence-electron chi connectivity index (χ0n) is 12.0. The molecule has 1 aromatic carbocycles. The number of nitrogens with zero attached hydrogens (tertiary/aromatic N) is 1. The summed E-state index contributed by atoms with van der Waals surface area (Å²) in [5, 5.41) is 0.741. The molecule has 1 amide bonds. The zero-order valence-corrected chi connectivity index (χ0v) is 13.6. The molecule has 1 aliphatic rings. The first-order valence-electron chi connectivity index (χ1n) is 7.10. The maximum Gasteiger partial charge on any atom is 0.247 e. The van der Waals surface area contributed by atoms with E-state index >= 15 is 0 Å². The van der Waals surface area contributed by atoms with Gasteiger partial charge in [0.25, 0.3) is 0 Å². The molecule has 0 bridgehead atoms. The van der Waals surface area contributed by atoms with E-state index in [1.807, 2.05) is 18.2 Å². The molecule has 2 heterocycles. The molecule has 0 radical (unpaired) electrons. The second-order valence-electron chi connectivity index (χ2n) is 5.27. The second kappa shape index (κ2) is 6.79. The average Bonchev–Trinajstić information content (AvgIpc) is 2.96. The summed E-state index contributed by atoms with van der Waals surface area (Å²) in [6.45, 7) is 2.71. The number of hydrogen-bond acceptors (Lipinski definition) is 4. The van der Waals surface area contributed by atoms with Crippen molar-refractivity contribution in [3.05, 3.63) is 46.3 Å². The maximum atomic E-state index is 11.2. The van der Waals surface area contributed by atoms with Crippen LogP contribution in [-0.2, 0) is 16.1 Å². The van der Waals surface area contributed by atoms with E-state index in [2.05, 4.69) is 23.1 Å². The third-order valence-corrected chi connectivity index (χ3v) is 4.97. The van der Waals surface area contributed by atoms with Gasteiger partial charge in [-0.3, -0.25) is 9.69 Å². The van der Waals surface area contributed by atoms with Gasteiger partial charge < -0.3 is 10.5 Å². The van der Waals surface area contributed by atoms with Crippen molar-refractivity contribution in [1.82, 2.24) is 4.90 Å². The summed E-state index contributed by atoms with van der Waals surface area (Å²) in [5.41, 5.74) is 6.44. The number of halogens is 1. The SMILES string of the molecule is NC(=O)C1CN(Cc2ccc(-c3cccc(Cl)c3)s2)CCO1. The molecule has 1 aromatic heterocycles. The number of nitrogens with two attached hydrogens (primary N) is 1. The molecule has 1 atom stereocenters. The van der Waals surface area contributed by atoms with Crippen molar-refractivity contribution in [2.75, 3.05) is 19.7 Å². The summed E-state index contributed by atoms with van der Waals surface area (Å²) in [7, 11) is 0. The number of thiophene rings is 1. The molecule has 1 unspecified atom stereocenters. The summed E-state index contributed by atoms with van der Waals surface area (Å²) in [6.07, 6.45) is -0.499. The van der Waals surface area contributed by atoms with E-state index in [1.54, 1.807) is 11.3 Å². The predicted molar refractivity (Wildman–Crippen MR) is 89.0 cm³/mol. The highest BCUT2D eigenvalue weighted by molar-refractivity contribution is 7.15. The van der Waals surface area contributed by atoms with Crippen molar-refractivity contribution in [1.29, 1.82) is 0 Å². The van der Waals surface area contributed by atoms with E-state index in [0.29, 0.717) is 13.2 Å². The van der Waals surface area contributed by atoms with E-state index in [-0.39, 0.29) is 0 Å². The number of carbonyl (C=O) groups is 1. The number of carbonyl (C=O) groups excluding carboxylic acids is 1. The van der Waals surface area contributed by atoms with Crippen LogP contribution in [0.3, 0.4) is 0 Å². The normalized spacial score (nSPS) is 19.2. The summed E-state index contributed by atoms with van der Waals surface area (Å²) >= 11 is 7.78. The fourth-order valence-electron chi connectivity index (χ4n) is 2.50. The topological polar surface area (TPSA) is 55.6 Å². The minimum atomic E-state index is -0.499. The van der Waals surface area contributed by atoms with Crippen LogP contribution in [-0.4, -0.2) is 36.6 Å². The van der Waals surface area contributed by atoms with Crippen molar-refractivity contribution < 1.29 is 9.53 Å². The summed E-state index contributed by atoms with van der Waals surface area (Å²) in [5.74, 6) is -0.393. The molecule has 6 heteroatoms. The number of ether oxygens (including phenoxy) is 1. The van der Waals surface area contributed by atoms with Gasteiger partial charge in [-0.1, -0.05) is 23.7 Å². The predicted octanol–water partition coefficient (Wildman–Crippen LogP) is 2.75. The smallest absolute Gasteiger partial charge is 0.247 e. The van der Waals surface area contributed by atoms with Crippen LogP contribution in [0.5, 0.6) is 0 Å². The van der Waals surface area contributed by atoms with Gasteiger partial charge in [-0.05, 0) is 29.8 Å². The van der Waals surface area contributed by atoms with Crippen LogP contribution in [0, 0.1) is 0 Å². The van der Waals surface area contributed by atoms with Crippen molar-refractivity contribution in [3.8, 4) is 10.4 Å². The summed E-state index contributed by atoms with van der Waals surface area (Å²) < 4.78 is 5.37. The minimum absolute atomic E-state index is 0.393. The molecule has 1 aliphatic heterocycles. The number of amides is 1. The van der Waals surface area contributed by atoms with Crippen LogP contribution < -0.4 is 5.73 Å². The van der Waals surface area contributed by atoms with Gasteiger partial charge in [0.2, 0.25) is 5.91 Å². The Morgan fingerprint density at radius 3 is 3.05 bits per heavy atom. The van der Waals surface area contributed by atoms with Gasteiger partial charge in [-0.2, -0.15) is 0 Å². The Balaban J connectivity index is 1.68. The van der Waals surface area contributed by atoms with Gasteiger partial charge >= 0.3 is 0 Å². The Bertz CT molecular complexity index is 674. The van der Waals surface area contributed by atoms with Crippen molar-refractivity contribution in [2.24, 2.45) is 5.73 Å². The average molecular weight is 337 g/mol. The van der Waals surface area contributed by atoms with E-state index in [9.17, 15) is 4.79 Å². The molecule has 4 nitrogen and oxygen atoms in total. The van der Waals surface area contributed by atoms with Crippen LogP contribution >= 0.6 is 22.9 Å². The highest BCUT2D eigenvalue weighted by Gasteiger charge is 2.24. The number of rotatable bonds is 4. The Hall–Kier alpha value is -1.40. The Labute approximate surface area is 138 Å². The van der Waals surface area contributed by atoms with Gasteiger partial charge in [0, 0.05) is 34.4 Å². The first-order valence-corrected chi connectivity index (χ1v) is 8.29. The lowest BCUT2D eigenvalue weighted by Gasteiger charge is -2.30. The molecular formula is C16H17ClN2O2S. The van der Waals surface area contributed by atoms with Gasteiger partial charge in [0.05, 0.1) is 6.61 Å². The fourth-order valence-corrected chi connectivity index (χ4v) is 3.74. The molecule has 0 aliphatic carbocycles. The second-order valence-corrected chi connectivity index (χ2v) is 6.88. The van der Waals surface area contributed by atoms with Gasteiger partial charge in [0.15, 0.2) is 0 Å². The molecule has 2 aromatic rings. The molecule has 0 spiro atoms. The minimum Gasteiger partial charge on any atom is -0.367 e. The van der Waals surface area contributed by atoms with Crippen LogP contribution in [0.1, 0.15) is 4.88 Å². The number of primary amides is 1. The molecule has 2 N–H and O–H groups in total. The standard InChI is InChI=1S/C16H17ClN2O2S/c17-12-3-1-2-11(8-12)15-5-4-13(22-15)9-19-6-7-21-14(10-19)16(18)20/h1-5,8,14H,6-7,9-10H2,(H2,18,20). The Kier molecular flexibility index (Phi) is 4.78. The van der Waals surface area contributed by atoms with Crippen molar-refractivity contribution >= 4 is 28.8 Å². The largest absolute Gasteiger partial charge is 0.367 e. The number of morpholine rings is 1. The highest BCUT2D eigenvalue weighted by Crippen LogP contribution is 2.30. The molecular weight excluding hydrogens is 320 g/mol. The maximum absolute atomic E-state index is 11.2. The lowest BCUT2D eigenvalue weighted by Crippen LogP contribution is -2.47. The summed E-state index contributed by atoms with van der Waals surface area (Å²) in [6, 6.07) is 12.1. The first kappa shape index (κ1) is 15.5. The lowest BCUT2D eigenvalue weighted by molar-refractivity contribution is -0.135. The van der Waals surface area contributed by atoms with Crippen LogP contribution in [0.4, 0.5) is 0 Å². The van der Waals surface area contributed by atoms with E-state index in [0.717, 1.165) is 23.7 Å². The highest BCUT2D eigenvalue weighted by atomic mass is 35.5. The van der Waals surface area contributed by atoms with E-state index < -0.39 is 12.0 Å². The third-order valence-electron chi connectivity index (χ3n) is 3.62. The van der Waals surface area contributed by atoms with Gasteiger partial charge in [0.1, 0.15) is 6.10 Å². The van der Waals surface area contributed by atoms with Crippen molar-refractivity contribution in [3.63, 3.8) is 0 Å². The Morgan fingerprint density at radius 2 is 2.27 bits per heavy atom. The molecule has 1 fully saturated rings. The van der Waals surface area contributed by atoms with Crippen LogP contribution in [0.2, 0.25) is 5.02 Å². The third kappa shape index (κ3) is 3.67. The molecule has 0 saturated carbocycles. The van der Waals surface area contributed by atoms with E-state index in [1.165, 1.54) is 9.75 Å². The number of hydrogen-bond donors (Lipinski definition) is 1. The van der Waals surface area contributed by atoms with Crippen molar-refractivity contribution in [2.45, 2.75) is 12.6 Å². The first-order chi connectivity index (χ1) is 10.6. The zero-order chi connectivity index (χ0) is 15.5. The Morgan fingerprint density at radius 1 is 1.41 bits per heavy atom. The monoisotopic (exact) mass is 336 g/mol. The molecule has 1 saturated heterocycles. The molecule has 22 heavy (non-hydrogen) atoms. The lowest BCUT2D eigenvalue weighted by atomic mass is 10.2. The summed E-state index contributed by atoms with van der Waals surface area (Å²) in [4.78, 5) is 15.9. The molecule has 3 rings (SSSR count). The van der Waals surface area contributed by atoms with Crippen LogP contribution in [0.15, 0.2) is 36.4 Å². The fraction of sp³-hybridized carbons (Fsp3) is 0.312. The number of benzene rings is 1. The van der Waals surface area contributed by atoms with Gasteiger partial charge in [-0.25, -0.2) is 0 Å². The quantitative estimate of drug-likeness (QED) is 0.934. The van der Waals surface area contributed by atoms with E-state index in [4.69, 9.17) is 22.1 Å². The van der Waals surface area contributed by atoms with Gasteiger partial charge in [-0.15, -0.1) is 11.3 Å². The van der Waals surface area contributed by atoms with Crippen LogP contribution in [0.25, 0.3) is 10.4 Å². The molecule has 116 valence electrons.